The van der Waals surface area contributed by atoms with Crippen molar-refractivity contribution >= 4 is 27.9 Å². The van der Waals surface area contributed by atoms with Crippen molar-refractivity contribution in [3.05, 3.63) is 52.4 Å². The zero-order chi connectivity index (χ0) is 23.5. The number of hydrogen-bond donors (Lipinski definition) is 3. The third-order valence-corrected chi connectivity index (χ3v) is 5.41. The Labute approximate surface area is 189 Å². The molecule has 0 unspecified atom stereocenters. The summed E-state index contributed by atoms with van der Waals surface area (Å²) in [6.07, 6.45) is 3.80. The highest BCUT2D eigenvalue weighted by atomic mass is 16.7. The van der Waals surface area contributed by atoms with Crippen molar-refractivity contribution < 1.29 is 19.4 Å². The van der Waals surface area contributed by atoms with Crippen molar-refractivity contribution in [2.24, 2.45) is 5.73 Å². The number of para-hydroxylation sites is 1. The van der Waals surface area contributed by atoms with Gasteiger partial charge in [-0.3, -0.25) is 9.59 Å². The van der Waals surface area contributed by atoms with Crippen LogP contribution in [-0.2, 0) is 17.8 Å². The molecule has 5 rings (SSSR count). The number of benzene rings is 2. The summed E-state index contributed by atoms with van der Waals surface area (Å²) in [7, 11) is 0. The van der Waals surface area contributed by atoms with Gasteiger partial charge in [0, 0.05) is 42.7 Å². The zero-order valence-corrected chi connectivity index (χ0v) is 18.6. The minimum atomic E-state index is -0.833. The Kier molecular flexibility index (Phi) is 6.32. The predicted octanol–water partition coefficient (Wildman–Crippen LogP) is 3.28. The Morgan fingerprint density at radius 2 is 2.00 bits per heavy atom. The number of fused-ring (bicyclic) bond motifs is 3. The van der Waals surface area contributed by atoms with E-state index in [-0.39, 0.29) is 12.4 Å². The maximum Gasteiger partial charge on any atom is 0.300 e. The average Bonchev–Trinajstić information content (AvgIpc) is 3.39. The predicted molar refractivity (Wildman–Crippen MR) is 126 cm³/mol. The highest BCUT2D eigenvalue weighted by molar-refractivity contribution is 5.97. The van der Waals surface area contributed by atoms with Crippen LogP contribution in [0.2, 0.25) is 0 Å². The molecule has 9 nitrogen and oxygen atoms in total. The number of aliphatic carboxylic acids is 1. The standard InChI is InChI=1S/C22H22N4O3.C2H4O2/c1-2-13-5-3-6-14-15(11-26(21(13)14)8-4-7-23)20-22(27)25-17-10-19-18(28-12-29-19)9-16(17)24-20;1-2(3)4/h3,5-6,9-11H,2,4,7-8,12,23H2,1H3,(H,25,27);1H3,(H,3,4). The van der Waals surface area contributed by atoms with E-state index in [1.807, 2.05) is 24.4 Å². The summed E-state index contributed by atoms with van der Waals surface area (Å²) in [6.45, 7) is 4.81. The van der Waals surface area contributed by atoms with Crippen LogP contribution in [0.4, 0.5) is 0 Å². The van der Waals surface area contributed by atoms with Crippen molar-refractivity contribution in [2.75, 3.05) is 13.3 Å². The lowest BCUT2D eigenvalue weighted by Crippen LogP contribution is -2.11. The van der Waals surface area contributed by atoms with Crippen LogP contribution in [-0.4, -0.2) is 38.9 Å². The minimum absolute atomic E-state index is 0.178. The molecule has 4 aromatic rings. The largest absolute Gasteiger partial charge is 0.481 e. The van der Waals surface area contributed by atoms with E-state index in [0.29, 0.717) is 34.8 Å². The van der Waals surface area contributed by atoms with Gasteiger partial charge in [-0.15, -0.1) is 0 Å². The Hall–Kier alpha value is -3.85. The van der Waals surface area contributed by atoms with E-state index in [1.165, 1.54) is 5.56 Å². The van der Waals surface area contributed by atoms with Gasteiger partial charge in [0.15, 0.2) is 11.5 Å². The van der Waals surface area contributed by atoms with E-state index in [0.717, 1.165) is 42.8 Å². The lowest BCUT2D eigenvalue weighted by atomic mass is 10.1. The summed E-state index contributed by atoms with van der Waals surface area (Å²) in [6, 6.07) is 9.78. The number of rotatable bonds is 5. The maximum absolute atomic E-state index is 12.9. The number of carboxylic acids is 1. The van der Waals surface area contributed by atoms with Crippen molar-refractivity contribution in [1.82, 2.24) is 14.5 Å². The number of nitrogens with zero attached hydrogens (tertiary/aromatic N) is 2. The normalized spacial score (nSPS) is 12.1. The van der Waals surface area contributed by atoms with Gasteiger partial charge >= 0.3 is 0 Å². The maximum atomic E-state index is 12.9. The summed E-state index contributed by atoms with van der Waals surface area (Å²) in [5, 5.41) is 8.44. The Balaban J connectivity index is 0.000000601. The fourth-order valence-corrected chi connectivity index (χ4v) is 4.01. The second-order valence-corrected chi connectivity index (χ2v) is 7.70. The van der Waals surface area contributed by atoms with Gasteiger partial charge in [0.2, 0.25) is 6.79 Å². The van der Waals surface area contributed by atoms with Gasteiger partial charge in [-0.05, 0) is 24.9 Å². The molecule has 0 amide bonds. The number of nitrogens with two attached hydrogens (primary N) is 1. The van der Waals surface area contributed by atoms with Gasteiger partial charge in [-0.2, -0.15) is 0 Å². The average molecular weight is 450 g/mol. The molecule has 0 saturated carbocycles. The molecule has 4 N–H and O–H groups in total. The molecule has 0 radical (unpaired) electrons. The molecule has 172 valence electrons. The van der Waals surface area contributed by atoms with Crippen LogP contribution in [0.15, 0.2) is 41.3 Å². The van der Waals surface area contributed by atoms with E-state index in [1.54, 1.807) is 6.07 Å². The van der Waals surface area contributed by atoms with Crippen molar-refractivity contribution in [3.63, 3.8) is 0 Å². The van der Waals surface area contributed by atoms with E-state index in [4.69, 9.17) is 30.1 Å². The minimum Gasteiger partial charge on any atom is -0.481 e. The van der Waals surface area contributed by atoms with E-state index in [2.05, 4.69) is 22.5 Å². The fourth-order valence-electron chi connectivity index (χ4n) is 4.01. The zero-order valence-electron chi connectivity index (χ0n) is 18.6. The molecule has 2 aromatic heterocycles. The number of aryl methyl sites for hydroxylation is 2. The molecule has 3 heterocycles. The number of nitrogens with one attached hydrogen (secondary N) is 1. The van der Waals surface area contributed by atoms with Crippen LogP contribution >= 0.6 is 0 Å². The van der Waals surface area contributed by atoms with Crippen LogP contribution < -0.4 is 20.8 Å². The Morgan fingerprint density at radius 1 is 1.27 bits per heavy atom. The van der Waals surface area contributed by atoms with E-state index in [9.17, 15) is 4.79 Å². The second-order valence-electron chi connectivity index (χ2n) is 7.70. The van der Waals surface area contributed by atoms with Crippen molar-refractivity contribution in [2.45, 2.75) is 33.2 Å². The molecule has 0 saturated heterocycles. The summed E-state index contributed by atoms with van der Waals surface area (Å²) >= 11 is 0. The molecule has 1 aliphatic rings. The lowest BCUT2D eigenvalue weighted by Gasteiger charge is -2.07. The topological polar surface area (TPSA) is 132 Å². The molecular weight excluding hydrogens is 424 g/mol. The highest BCUT2D eigenvalue weighted by Gasteiger charge is 2.19. The Morgan fingerprint density at radius 3 is 2.70 bits per heavy atom. The van der Waals surface area contributed by atoms with Crippen molar-refractivity contribution in [1.29, 1.82) is 0 Å². The number of aromatic amines is 1. The number of aromatic nitrogens is 3. The number of carbonyl (C=O) groups is 1. The van der Waals surface area contributed by atoms with Gasteiger partial charge in [-0.25, -0.2) is 4.98 Å². The quantitative estimate of drug-likeness (QED) is 0.425. The number of H-pyrrole nitrogens is 1. The summed E-state index contributed by atoms with van der Waals surface area (Å²) in [5.41, 5.74) is 10.4. The summed E-state index contributed by atoms with van der Waals surface area (Å²) in [5.74, 6) is 0.426. The molecule has 0 spiro atoms. The van der Waals surface area contributed by atoms with E-state index >= 15 is 0 Å². The molecule has 0 aliphatic carbocycles. The van der Waals surface area contributed by atoms with Crippen LogP contribution in [0.3, 0.4) is 0 Å². The van der Waals surface area contributed by atoms with Crippen LogP contribution in [0.25, 0.3) is 33.2 Å². The first-order chi connectivity index (χ1) is 15.9. The lowest BCUT2D eigenvalue weighted by molar-refractivity contribution is -0.134. The molecule has 1 aliphatic heterocycles. The van der Waals surface area contributed by atoms with Gasteiger partial charge < -0.3 is 29.9 Å². The smallest absolute Gasteiger partial charge is 0.300 e. The molecule has 9 heteroatoms. The SMILES string of the molecule is CC(=O)O.CCc1cccc2c(-c3nc4cc5c(cc4[nH]c3=O)OCO5)cn(CCCN)c12. The summed E-state index contributed by atoms with van der Waals surface area (Å²) in [4.78, 5) is 29.6. The number of ether oxygens (including phenoxy) is 2. The van der Waals surface area contributed by atoms with Crippen LogP contribution in [0.1, 0.15) is 25.8 Å². The van der Waals surface area contributed by atoms with Gasteiger partial charge in [-0.1, -0.05) is 25.1 Å². The van der Waals surface area contributed by atoms with Gasteiger partial charge in [0.25, 0.3) is 11.5 Å². The number of carboxylic acid groups (broad SMARTS) is 1. The third-order valence-electron chi connectivity index (χ3n) is 5.41. The molecule has 33 heavy (non-hydrogen) atoms. The molecule has 2 aromatic carbocycles. The molecule has 0 atom stereocenters. The number of hydrogen-bond acceptors (Lipinski definition) is 6. The fraction of sp³-hybridized carbons (Fsp3) is 0.292. The van der Waals surface area contributed by atoms with E-state index < -0.39 is 5.97 Å². The first-order valence-electron chi connectivity index (χ1n) is 10.8. The first kappa shape index (κ1) is 22.3. The first-order valence-corrected chi connectivity index (χ1v) is 10.8. The van der Waals surface area contributed by atoms with Crippen LogP contribution in [0.5, 0.6) is 11.5 Å². The third kappa shape index (κ3) is 4.40. The Bertz CT molecular complexity index is 1390. The monoisotopic (exact) mass is 450 g/mol. The van der Waals surface area contributed by atoms with Crippen LogP contribution in [0, 0.1) is 0 Å². The molecule has 0 bridgehead atoms. The van der Waals surface area contributed by atoms with Gasteiger partial charge in [0.1, 0.15) is 5.69 Å². The molecule has 0 fully saturated rings. The molecular formula is C24H26N4O5. The second kappa shape index (κ2) is 9.33. The highest BCUT2D eigenvalue weighted by Crippen LogP contribution is 2.36. The summed E-state index contributed by atoms with van der Waals surface area (Å²) < 4.78 is 13.1. The van der Waals surface area contributed by atoms with Crippen molar-refractivity contribution in [3.8, 4) is 22.8 Å². The van der Waals surface area contributed by atoms with Gasteiger partial charge in [0.05, 0.1) is 16.6 Å².